The van der Waals surface area contributed by atoms with Gasteiger partial charge in [0.25, 0.3) is 0 Å². The summed E-state index contributed by atoms with van der Waals surface area (Å²) in [4.78, 5) is 4.42. The predicted octanol–water partition coefficient (Wildman–Crippen LogP) is 2.46. The molecule has 1 aliphatic rings. The monoisotopic (exact) mass is 262 g/mol. The van der Waals surface area contributed by atoms with Crippen LogP contribution in [0.1, 0.15) is 11.6 Å². The van der Waals surface area contributed by atoms with Crippen molar-refractivity contribution in [1.82, 2.24) is 4.98 Å². The Morgan fingerprint density at radius 3 is 2.63 bits per heavy atom. The molecule has 0 amide bonds. The molecule has 2 N–H and O–H groups in total. The zero-order chi connectivity index (χ0) is 13.4. The molecular weight excluding hydrogens is 250 g/mol. The average molecular weight is 262 g/mol. The molecule has 0 spiro atoms. The molecule has 0 radical (unpaired) electrons. The molecule has 3 nitrogen and oxygen atoms in total. The number of aromatic nitrogens is 1. The van der Waals surface area contributed by atoms with Crippen molar-refractivity contribution in [2.75, 3.05) is 13.2 Å². The van der Waals surface area contributed by atoms with Gasteiger partial charge in [0.2, 0.25) is 0 Å². The van der Waals surface area contributed by atoms with Gasteiger partial charge in [-0.05, 0) is 24.3 Å². The lowest BCUT2D eigenvalue weighted by atomic mass is 10.1. The molecular formula is C14H12F2N2O. The Morgan fingerprint density at radius 2 is 1.95 bits per heavy atom. The molecule has 1 aliphatic heterocycles. The van der Waals surface area contributed by atoms with Gasteiger partial charge in [0.15, 0.2) is 0 Å². The van der Waals surface area contributed by atoms with Gasteiger partial charge >= 0.3 is 0 Å². The molecule has 0 saturated heterocycles. The van der Waals surface area contributed by atoms with Gasteiger partial charge in [0.05, 0.1) is 23.9 Å². The second-order valence-corrected chi connectivity index (χ2v) is 4.48. The molecule has 98 valence electrons. The first-order chi connectivity index (χ1) is 9.17. The molecule has 5 heteroatoms. The maximum Gasteiger partial charge on any atom is 0.141 e. The quantitative estimate of drug-likeness (QED) is 0.904. The van der Waals surface area contributed by atoms with Gasteiger partial charge in [-0.1, -0.05) is 0 Å². The zero-order valence-corrected chi connectivity index (χ0v) is 10.1. The predicted molar refractivity (Wildman–Crippen MR) is 66.9 cm³/mol. The number of halogens is 2. The lowest BCUT2D eigenvalue weighted by Crippen LogP contribution is -2.14. The largest absolute Gasteiger partial charge is 0.491 e. The van der Waals surface area contributed by atoms with E-state index < -0.39 is 11.6 Å². The van der Waals surface area contributed by atoms with Crippen molar-refractivity contribution >= 4 is 0 Å². The Morgan fingerprint density at radius 1 is 1.21 bits per heavy atom. The van der Waals surface area contributed by atoms with E-state index in [-0.39, 0.29) is 5.92 Å². The standard InChI is InChI=1S/C14H12F2N2O/c15-10-3-8(4-11(16)5-10)12-1-2-13-14(18-12)9(6-17)7-19-13/h1-5,9H,6-7,17H2. The van der Waals surface area contributed by atoms with E-state index in [0.29, 0.717) is 30.2 Å². The first-order valence-electron chi connectivity index (χ1n) is 5.97. The van der Waals surface area contributed by atoms with Gasteiger partial charge in [-0.25, -0.2) is 13.8 Å². The van der Waals surface area contributed by atoms with Crippen molar-refractivity contribution in [3.05, 3.63) is 47.7 Å². The fourth-order valence-corrected chi connectivity index (χ4v) is 2.19. The highest BCUT2D eigenvalue weighted by Gasteiger charge is 2.25. The second-order valence-electron chi connectivity index (χ2n) is 4.48. The van der Waals surface area contributed by atoms with Gasteiger partial charge in [-0.15, -0.1) is 0 Å². The van der Waals surface area contributed by atoms with Crippen LogP contribution < -0.4 is 10.5 Å². The summed E-state index contributed by atoms with van der Waals surface area (Å²) in [6, 6.07) is 6.79. The van der Waals surface area contributed by atoms with E-state index in [0.717, 1.165) is 11.8 Å². The van der Waals surface area contributed by atoms with Crippen LogP contribution in [0.5, 0.6) is 5.75 Å². The average Bonchev–Trinajstić information content (AvgIpc) is 2.79. The van der Waals surface area contributed by atoms with Crippen LogP contribution in [0.15, 0.2) is 30.3 Å². The van der Waals surface area contributed by atoms with Crippen molar-refractivity contribution in [1.29, 1.82) is 0 Å². The van der Waals surface area contributed by atoms with Crippen LogP contribution in [-0.2, 0) is 0 Å². The first kappa shape index (κ1) is 12.0. The Hall–Kier alpha value is -2.01. The summed E-state index contributed by atoms with van der Waals surface area (Å²) < 4.78 is 31.9. The molecule has 1 aromatic heterocycles. The van der Waals surface area contributed by atoms with E-state index in [1.165, 1.54) is 12.1 Å². The van der Waals surface area contributed by atoms with Crippen molar-refractivity contribution in [2.45, 2.75) is 5.92 Å². The Balaban J connectivity index is 2.07. The highest BCUT2D eigenvalue weighted by atomic mass is 19.1. The van der Waals surface area contributed by atoms with Gasteiger partial charge in [0.1, 0.15) is 17.4 Å². The van der Waals surface area contributed by atoms with Crippen molar-refractivity contribution in [3.63, 3.8) is 0 Å². The highest BCUT2D eigenvalue weighted by Crippen LogP contribution is 2.33. The van der Waals surface area contributed by atoms with Crippen LogP contribution in [0.2, 0.25) is 0 Å². The van der Waals surface area contributed by atoms with Crippen molar-refractivity contribution in [2.24, 2.45) is 5.73 Å². The molecule has 19 heavy (non-hydrogen) atoms. The molecule has 0 saturated carbocycles. The summed E-state index contributed by atoms with van der Waals surface area (Å²) in [6.45, 7) is 0.931. The van der Waals surface area contributed by atoms with E-state index in [4.69, 9.17) is 10.5 Å². The third kappa shape index (κ3) is 2.17. The van der Waals surface area contributed by atoms with Gasteiger partial charge < -0.3 is 10.5 Å². The summed E-state index contributed by atoms with van der Waals surface area (Å²) >= 11 is 0. The number of pyridine rings is 1. The summed E-state index contributed by atoms with van der Waals surface area (Å²) in [7, 11) is 0. The van der Waals surface area contributed by atoms with E-state index in [1.807, 2.05) is 0 Å². The van der Waals surface area contributed by atoms with Crippen LogP contribution in [0.3, 0.4) is 0 Å². The molecule has 3 rings (SSSR count). The van der Waals surface area contributed by atoms with Gasteiger partial charge in [-0.2, -0.15) is 0 Å². The SMILES string of the molecule is NCC1COc2ccc(-c3cc(F)cc(F)c3)nc21. The molecule has 0 fully saturated rings. The maximum atomic E-state index is 13.2. The Bertz CT molecular complexity index is 611. The first-order valence-corrected chi connectivity index (χ1v) is 5.97. The van der Waals surface area contributed by atoms with E-state index in [9.17, 15) is 8.78 Å². The van der Waals surface area contributed by atoms with Crippen molar-refractivity contribution < 1.29 is 13.5 Å². The van der Waals surface area contributed by atoms with Gasteiger partial charge in [-0.3, -0.25) is 0 Å². The number of hydrogen-bond donors (Lipinski definition) is 1. The zero-order valence-electron chi connectivity index (χ0n) is 10.1. The van der Waals surface area contributed by atoms with E-state index in [1.54, 1.807) is 12.1 Å². The normalized spacial score (nSPS) is 17.1. The Kier molecular flexibility index (Phi) is 2.91. The minimum absolute atomic E-state index is 0.0355. The van der Waals surface area contributed by atoms with Crippen LogP contribution >= 0.6 is 0 Å². The summed E-state index contributed by atoms with van der Waals surface area (Å²) in [6.07, 6.45) is 0. The van der Waals surface area contributed by atoms with Crippen LogP contribution in [-0.4, -0.2) is 18.1 Å². The number of nitrogens with zero attached hydrogens (tertiary/aromatic N) is 1. The van der Waals surface area contributed by atoms with E-state index >= 15 is 0 Å². The number of nitrogens with two attached hydrogens (primary N) is 1. The molecule has 1 unspecified atom stereocenters. The summed E-state index contributed by atoms with van der Waals surface area (Å²) in [5, 5.41) is 0. The minimum Gasteiger partial charge on any atom is -0.491 e. The third-order valence-electron chi connectivity index (χ3n) is 3.16. The number of fused-ring (bicyclic) bond motifs is 1. The van der Waals surface area contributed by atoms with Crippen molar-refractivity contribution in [3.8, 4) is 17.0 Å². The fourth-order valence-electron chi connectivity index (χ4n) is 2.19. The fraction of sp³-hybridized carbons (Fsp3) is 0.214. The maximum absolute atomic E-state index is 13.2. The molecule has 2 heterocycles. The third-order valence-corrected chi connectivity index (χ3v) is 3.16. The lowest BCUT2D eigenvalue weighted by molar-refractivity contribution is 0.332. The topological polar surface area (TPSA) is 48.1 Å². The summed E-state index contributed by atoms with van der Waals surface area (Å²) in [5.74, 6) is -0.516. The number of benzene rings is 1. The second kappa shape index (κ2) is 4.59. The Labute approximate surface area is 109 Å². The van der Waals surface area contributed by atoms with E-state index in [2.05, 4.69) is 4.98 Å². The minimum atomic E-state index is -0.621. The molecule has 0 aliphatic carbocycles. The van der Waals surface area contributed by atoms with Crippen LogP contribution in [0.4, 0.5) is 8.78 Å². The molecule has 1 aromatic carbocycles. The van der Waals surface area contributed by atoms with Gasteiger partial charge in [0, 0.05) is 18.2 Å². The molecule has 0 bridgehead atoms. The van der Waals surface area contributed by atoms with Crippen LogP contribution in [0, 0.1) is 11.6 Å². The molecule has 2 aromatic rings. The number of rotatable bonds is 2. The lowest BCUT2D eigenvalue weighted by Gasteiger charge is -2.07. The number of hydrogen-bond acceptors (Lipinski definition) is 3. The highest BCUT2D eigenvalue weighted by molar-refractivity contribution is 5.61. The summed E-state index contributed by atoms with van der Waals surface area (Å²) in [5.41, 5.74) is 7.32. The smallest absolute Gasteiger partial charge is 0.141 e. The van der Waals surface area contributed by atoms with Crippen LogP contribution in [0.25, 0.3) is 11.3 Å². The molecule has 1 atom stereocenters. The number of ether oxygens (including phenoxy) is 1.